The van der Waals surface area contributed by atoms with E-state index in [1.807, 2.05) is 18.5 Å². The Morgan fingerprint density at radius 2 is 2.12 bits per heavy atom. The smallest absolute Gasteiger partial charge is 0.0300 e. The van der Waals surface area contributed by atoms with Gasteiger partial charge in [-0.3, -0.25) is 9.88 Å². The first kappa shape index (κ1) is 11.6. The van der Waals surface area contributed by atoms with Crippen LogP contribution in [0.3, 0.4) is 0 Å². The molecule has 1 aliphatic rings. The lowest BCUT2D eigenvalue weighted by molar-refractivity contribution is 0.118. The van der Waals surface area contributed by atoms with Gasteiger partial charge in [0.1, 0.15) is 0 Å². The van der Waals surface area contributed by atoms with Crippen LogP contribution in [0.2, 0.25) is 0 Å². The molecule has 0 saturated carbocycles. The number of nitrogens with zero attached hydrogens (tertiary/aromatic N) is 2. The molecule has 0 aromatic carbocycles. The lowest BCUT2D eigenvalue weighted by atomic mass is 10.1. The first-order valence-corrected chi connectivity index (χ1v) is 6.12. The van der Waals surface area contributed by atoms with Crippen molar-refractivity contribution in [2.45, 2.75) is 32.4 Å². The third-order valence-electron chi connectivity index (χ3n) is 3.39. The Labute approximate surface area is 97.9 Å². The summed E-state index contributed by atoms with van der Waals surface area (Å²) < 4.78 is 0. The average molecular weight is 219 g/mol. The molecule has 1 aromatic rings. The molecule has 0 radical (unpaired) electrons. The van der Waals surface area contributed by atoms with Crippen molar-refractivity contribution in [1.29, 1.82) is 0 Å². The van der Waals surface area contributed by atoms with Crippen molar-refractivity contribution >= 4 is 0 Å². The van der Waals surface area contributed by atoms with Crippen molar-refractivity contribution in [3.05, 3.63) is 30.1 Å². The van der Waals surface area contributed by atoms with Gasteiger partial charge in [-0.1, -0.05) is 6.07 Å². The molecule has 0 spiro atoms. The normalized spacial score (nSPS) is 26.9. The van der Waals surface area contributed by atoms with Crippen molar-refractivity contribution in [2.24, 2.45) is 0 Å². The minimum Gasteiger partial charge on any atom is -0.314 e. The summed E-state index contributed by atoms with van der Waals surface area (Å²) in [5.41, 5.74) is 1.33. The van der Waals surface area contributed by atoms with Crippen LogP contribution in [0.15, 0.2) is 24.5 Å². The quantitative estimate of drug-likeness (QED) is 0.830. The predicted octanol–water partition coefficient (Wildman–Crippen LogP) is 1.31. The molecule has 0 aliphatic carbocycles. The van der Waals surface area contributed by atoms with E-state index in [2.05, 4.69) is 35.1 Å². The minimum atomic E-state index is 0.639. The fourth-order valence-electron chi connectivity index (χ4n) is 2.42. The van der Waals surface area contributed by atoms with Crippen LogP contribution < -0.4 is 5.32 Å². The standard InChI is InChI=1S/C13H21N3/c1-11-8-15-9-12(2)16(11)7-5-13-4-3-6-14-10-13/h3-4,6,10-12,15H,5,7-9H2,1-2H3. The summed E-state index contributed by atoms with van der Waals surface area (Å²) in [4.78, 5) is 6.74. The van der Waals surface area contributed by atoms with Gasteiger partial charge in [0.15, 0.2) is 0 Å². The second-order valence-electron chi connectivity index (χ2n) is 4.71. The maximum Gasteiger partial charge on any atom is 0.0300 e. The third-order valence-corrected chi connectivity index (χ3v) is 3.39. The van der Waals surface area contributed by atoms with Crippen LogP contribution in [0, 0.1) is 0 Å². The largest absolute Gasteiger partial charge is 0.314 e. The summed E-state index contributed by atoms with van der Waals surface area (Å²) in [6.07, 6.45) is 4.90. The molecule has 3 nitrogen and oxygen atoms in total. The fraction of sp³-hybridized carbons (Fsp3) is 0.615. The van der Waals surface area contributed by atoms with Crippen molar-refractivity contribution in [3.8, 4) is 0 Å². The Morgan fingerprint density at radius 3 is 2.75 bits per heavy atom. The Morgan fingerprint density at radius 1 is 1.38 bits per heavy atom. The zero-order valence-electron chi connectivity index (χ0n) is 10.2. The lowest BCUT2D eigenvalue weighted by Gasteiger charge is -2.39. The van der Waals surface area contributed by atoms with Gasteiger partial charge in [0, 0.05) is 44.1 Å². The van der Waals surface area contributed by atoms with Gasteiger partial charge in [-0.2, -0.15) is 0 Å². The van der Waals surface area contributed by atoms with Gasteiger partial charge in [0.2, 0.25) is 0 Å². The molecule has 0 bridgehead atoms. The van der Waals surface area contributed by atoms with Gasteiger partial charge in [0.05, 0.1) is 0 Å². The molecule has 88 valence electrons. The summed E-state index contributed by atoms with van der Waals surface area (Å²) in [7, 11) is 0. The molecule has 2 atom stereocenters. The van der Waals surface area contributed by atoms with E-state index in [0.29, 0.717) is 12.1 Å². The summed E-state index contributed by atoms with van der Waals surface area (Å²) in [5.74, 6) is 0. The molecular weight excluding hydrogens is 198 g/mol. The molecule has 2 unspecified atom stereocenters. The topological polar surface area (TPSA) is 28.2 Å². The lowest BCUT2D eigenvalue weighted by Crippen LogP contribution is -2.55. The maximum atomic E-state index is 4.16. The van der Waals surface area contributed by atoms with Crippen LogP contribution in [0.5, 0.6) is 0 Å². The van der Waals surface area contributed by atoms with Gasteiger partial charge in [0.25, 0.3) is 0 Å². The second kappa shape index (κ2) is 5.41. The number of nitrogens with one attached hydrogen (secondary N) is 1. The fourth-order valence-corrected chi connectivity index (χ4v) is 2.42. The van der Waals surface area contributed by atoms with Crippen molar-refractivity contribution in [3.63, 3.8) is 0 Å². The van der Waals surface area contributed by atoms with E-state index in [1.165, 1.54) is 5.56 Å². The number of hydrogen-bond donors (Lipinski definition) is 1. The number of rotatable bonds is 3. The van der Waals surface area contributed by atoms with Gasteiger partial charge in [-0.15, -0.1) is 0 Å². The number of piperazine rings is 1. The Bertz CT molecular complexity index is 302. The van der Waals surface area contributed by atoms with E-state index in [9.17, 15) is 0 Å². The highest BCUT2D eigenvalue weighted by Crippen LogP contribution is 2.10. The molecule has 1 N–H and O–H groups in total. The molecule has 16 heavy (non-hydrogen) atoms. The van der Waals surface area contributed by atoms with Crippen LogP contribution in [0.25, 0.3) is 0 Å². The summed E-state index contributed by atoms with van der Waals surface area (Å²) >= 11 is 0. The Balaban J connectivity index is 1.89. The van der Waals surface area contributed by atoms with Crippen LogP contribution in [-0.4, -0.2) is 41.6 Å². The molecule has 1 aliphatic heterocycles. The van der Waals surface area contributed by atoms with Crippen LogP contribution >= 0.6 is 0 Å². The van der Waals surface area contributed by atoms with Crippen LogP contribution in [-0.2, 0) is 6.42 Å². The zero-order chi connectivity index (χ0) is 11.4. The SMILES string of the molecule is CC1CNCC(C)N1CCc1cccnc1. The summed E-state index contributed by atoms with van der Waals surface area (Å²) in [6, 6.07) is 5.45. The monoisotopic (exact) mass is 219 g/mol. The molecular formula is C13H21N3. The summed E-state index contributed by atoms with van der Waals surface area (Å²) in [5, 5.41) is 3.46. The van der Waals surface area contributed by atoms with E-state index in [0.717, 1.165) is 26.1 Å². The van der Waals surface area contributed by atoms with E-state index in [-0.39, 0.29) is 0 Å². The van der Waals surface area contributed by atoms with E-state index >= 15 is 0 Å². The van der Waals surface area contributed by atoms with Gasteiger partial charge in [-0.25, -0.2) is 0 Å². The third kappa shape index (κ3) is 2.80. The van der Waals surface area contributed by atoms with Gasteiger partial charge < -0.3 is 5.32 Å². The maximum absolute atomic E-state index is 4.16. The molecule has 1 fully saturated rings. The molecule has 0 amide bonds. The number of hydrogen-bond acceptors (Lipinski definition) is 3. The Hall–Kier alpha value is -0.930. The molecule has 2 rings (SSSR count). The molecule has 2 heterocycles. The number of aromatic nitrogens is 1. The van der Waals surface area contributed by atoms with Gasteiger partial charge in [-0.05, 0) is 31.9 Å². The first-order chi connectivity index (χ1) is 7.77. The van der Waals surface area contributed by atoms with E-state index < -0.39 is 0 Å². The highest BCUT2D eigenvalue weighted by atomic mass is 15.2. The molecule has 1 saturated heterocycles. The van der Waals surface area contributed by atoms with E-state index in [4.69, 9.17) is 0 Å². The highest BCUT2D eigenvalue weighted by molar-refractivity contribution is 5.09. The van der Waals surface area contributed by atoms with Crippen LogP contribution in [0.4, 0.5) is 0 Å². The molecule has 1 aromatic heterocycles. The van der Waals surface area contributed by atoms with Crippen molar-refractivity contribution < 1.29 is 0 Å². The first-order valence-electron chi connectivity index (χ1n) is 6.12. The average Bonchev–Trinajstić information content (AvgIpc) is 2.30. The van der Waals surface area contributed by atoms with Gasteiger partial charge >= 0.3 is 0 Å². The second-order valence-corrected chi connectivity index (χ2v) is 4.71. The molecule has 3 heteroatoms. The number of pyridine rings is 1. The van der Waals surface area contributed by atoms with Crippen LogP contribution in [0.1, 0.15) is 19.4 Å². The van der Waals surface area contributed by atoms with Crippen molar-refractivity contribution in [1.82, 2.24) is 15.2 Å². The highest BCUT2D eigenvalue weighted by Gasteiger charge is 2.23. The summed E-state index contributed by atoms with van der Waals surface area (Å²) in [6.45, 7) is 7.95. The van der Waals surface area contributed by atoms with Crippen molar-refractivity contribution in [2.75, 3.05) is 19.6 Å². The zero-order valence-corrected chi connectivity index (χ0v) is 10.2. The predicted molar refractivity (Wildman–Crippen MR) is 66.4 cm³/mol. The minimum absolute atomic E-state index is 0.639. The Kier molecular flexibility index (Phi) is 3.91. The van der Waals surface area contributed by atoms with E-state index in [1.54, 1.807) is 0 Å².